The van der Waals surface area contributed by atoms with Crippen LogP contribution in [0.3, 0.4) is 0 Å². The zero-order valence-corrected chi connectivity index (χ0v) is 13.8. The monoisotopic (exact) mass is 312 g/mol. The Labute approximate surface area is 137 Å². The van der Waals surface area contributed by atoms with Gasteiger partial charge < -0.3 is 15.4 Å². The van der Waals surface area contributed by atoms with Crippen molar-refractivity contribution in [3.05, 3.63) is 59.7 Å². The fourth-order valence-corrected chi connectivity index (χ4v) is 2.30. The number of carbonyl (C=O) groups excluding carboxylic acids is 1. The van der Waals surface area contributed by atoms with Crippen molar-refractivity contribution in [1.29, 1.82) is 0 Å². The van der Waals surface area contributed by atoms with E-state index in [0.29, 0.717) is 12.8 Å². The number of aryl methyl sites for hydroxylation is 1. The molecule has 1 amide bonds. The highest BCUT2D eigenvalue weighted by molar-refractivity contribution is 5.90. The Kier molecular flexibility index (Phi) is 6.63. The van der Waals surface area contributed by atoms with Crippen molar-refractivity contribution >= 4 is 11.6 Å². The average Bonchev–Trinajstić information content (AvgIpc) is 2.59. The van der Waals surface area contributed by atoms with Crippen LogP contribution in [0, 0.1) is 0 Å². The van der Waals surface area contributed by atoms with E-state index in [9.17, 15) is 4.79 Å². The lowest BCUT2D eigenvalue weighted by Crippen LogP contribution is -2.14. The molecule has 0 saturated carbocycles. The first-order valence-corrected chi connectivity index (χ1v) is 7.93. The second kappa shape index (κ2) is 8.96. The fourth-order valence-electron chi connectivity index (χ4n) is 2.30. The van der Waals surface area contributed by atoms with E-state index in [-0.39, 0.29) is 5.91 Å². The summed E-state index contributed by atoms with van der Waals surface area (Å²) in [6.07, 6.45) is 1.18. The van der Waals surface area contributed by atoms with Crippen LogP contribution >= 0.6 is 0 Å². The molecule has 0 unspecified atom stereocenters. The topological polar surface area (TPSA) is 50.4 Å². The Morgan fingerprint density at radius 2 is 1.87 bits per heavy atom. The number of hydrogen-bond donors (Lipinski definition) is 2. The summed E-state index contributed by atoms with van der Waals surface area (Å²) < 4.78 is 5.13. The van der Waals surface area contributed by atoms with Gasteiger partial charge >= 0.3 is 0 Å². The maximum absolute atomic E-state index is 12.1. The number of methoxy groups -OCH3 is 1. The highest BCUT2D eigenvalue weighted by Crippen LogP contribution is 2.14. The lowest BCUT2D eigenvalue weighted by molar-refractivity contribution is -0.116. The van der Waals surface area contributed by atoms with Gasteiger partial charge in [-0.2, -0.15) is 0 Å². The molecule has 0 saturated heterocycles. The molecule has 23 heavy (non-hydrogen) atoms. The molecule has 0 atom stereocenters. The molecule has 4 heteroatoms. The Hall–Kier alpha value is -2.33. The maximum atomic E-state index is 12.1. The standard InChI is InChI=1S/C19H24N2O2/c1-3-20-14-16-5-4-6-17(13-16)21-19(22)12-9-15-7-10-18(23-2)11-8-15/h4-8,10-11,13,20H,3,9,12,14H2,1-2H3,(H,21,22). The molecule has 2 aromatic rings. The quantitative estimate of drug-likeness (QED) is 0.785. The first-order chi connectivity index (χ1) is 11.2. The van der Waals surface area contributed by atoms with Crippen molar-refractivity contribution in [3.63, 3.8) is 0 Å². The van der Waals surface area contributed by atoms with Crippen LogP contribution in [0.1, 0.15) is 24.5 Å². The number of amides is 1. The molecule has 2 N–H and O–H groups in total. The Balaban J connectivity index is 1.84. The van der Waals surface area contributed by atoms with E-state index in [4.69, 9.17) is 4.74 Å². The smallest absolute Gasteiger partial charge is 0.224 e. The number of nitrogens with one attached hydrogen (secondary N) is 2. The Bertz CT molecular complexity index is 624. The van der Waals surface area contributed by atoms with E-state index in [1.54, 1.807) is 7.11 Å². The third-order valence-electron chi connectivity index (χ3n) is 3.59. The molecule has 122 valence electrons. The summed E-state index contributed by atoms with van der Waals surface area (Å²) in [5.41, 5.74) is 3.14. The molecule has 2 rings (SSSR count). The molecule has 4 nitrogen and oxygen atoms in total. The minimum atomic E-state index is 0.0291. The van der Waals surface area contributed by atoms with Gasteiger partial charge in [-0.1, -0.05) is 31.2 Å². The molecule has 0 aliphatic rings. The second-order valence-electron chi connectivity index (χ2n) is 5.38. The highest BCUT2D eigenvalue weighted by Gasteiger charge is 2.04. The van der Waals surface area contributed by atoms with Gasteiger partial charge in [-0.05, 0) is 48.4 Å². The zero-order chi connectivity index (χ0) is 16.5. The first-order valence-electron chi connectivity index (χ1n) is 7.93. The number of ether oxygens (including phenoxy) is 1. The largest absolute Gasteiger partial charge is 0.497 e. The summed E-state index contributed by atoms with van der Waals surface area (Å²) in [5.74, 6) is 0.858. The summed E-state index contributed by atoms with van der Waals surface area (Å²) >= 11 is 0. The lowest BCUT2D eigenvalue weighted by atomic mass is 10.1. The van der Waals surface area contributed by atoms with E-state index < -0.39 is 0 Å². The second-order valence-corrected chi connectivity index (χ2v) is 5.38. The fraction of sp³-hybridized carbons (Fsp3) is 0.316. The van der Waals surface area contributed by atoms with Gasteiger partial charge in [0, 0.05) is 18.7 Å². The molecule has 0 aliphatic heterocycles. The van der Waals surface area contributed by atoms with E-state index in [1.807, 2.05) is 42.5 Å². The van der Waals surface area contributed by atoms with Gasteiger partial charge in [0.2, 0.25) is 5.91 Å². The van der Waals surface area contributed by atoms with E-state index >= 15 is 0 Å². The van der Waals surface area contributed by atoms with E-state index in [2.05, 4.69) is 23.6 Å². The molecule has 0 aliphatic carbocycles. The van der Waals surface area contributed by atoms with Crippen molar-refractivity contribution < 1.29 is 9.53 Å². The maximum Gasteiger partial charge on any atom is 0.224 e. The van der Waals surface area contributed by atoms with Crippen LogP contribution < -0.4 is 15.4 Å². The SMILES string of the molecule is CCNCc1cccc(NC(=O)CCc2ccc(OC)cc2)c1. The van der Waals surface area contributed by atoms with Crippen molar-refractivity contribution in [2.45, 2.75) is 26.3 Å². The van der Waals surface area contributed by atoms with Gasteiger partial charge in [-0.15, -0.1) is 0 Å². The third kappa shape index (κ3) is 5.75. The molecule has 0 fully saturated rings. The average molecular weight is 312 g/mol. The summed E-state index contributed by atoms with van der Waals surface area (Å²) in [7, 11) is 1.65. The van der Waals surface area contributed by atoms with E-state index in [0.717, 1.165) is 30.1 Å². The Morgan fingerprint density at radius 3 is 2.57 bits per heavy atom. The summed E-state index contributed by atoms with van der Waals surface area (Å²) in [6.45, 7) is 3.81. The number of anilines is 1. The van der Waals surface area contributed by atoms with Crippen molar-refractivity contribution in [2.75, 3.05) is 19.0 Å². The van der Waals surface area contributed by atoms with Crippen LogP contribution in [0.4, 0.5) is 5.69 Å². The van der Waals surface area contributed by atoms with Crippen LogP contribution in [0.25, 0.3) is 0 Å². The minimum Gasteiger partial charge on any atom is -0.497 e. The summed E-state index contributed by atoms with van der Waals surface area (Å²) in [5, 5.41) is 6.24. The first kappa shape index (κ1) is 17.0. The van der Waals surface area contributed by atoms with Crippen LogP contribution in [0.5, 0.6) is 5.75 Å². The van der Waals surface area contributed by atoms with Crippen molar-refractivity contribution in [3.8, 4) is 5.75 Å². The highest BCUT2D eigenvalue weighted by atomic mass is 16.5. The van der Waals surface area contributed by atoms with Gasteiger partial charge in [0.1, 0.15) is 5.75 Å². The molecule has 0 aromatic heterocycles. The molecular formula is C19H24N2O2. The van der Waals surface area contributed by atoms with Crippen molar-refractivity contribution in [1.82, 2.24) is 5.32 Å². The lowest BCUT2D eigenvalue weighted by Gasteiger charge is -2.08. The predicted octanol–water partition coefficient (Wildman–Crippen LogP) is 3.38. The van der Waals surface area contributed by atoms with Crippen molar-refractivity contribution in [2.24, 2.45) is 0 Å². The van der Waals surface area contributed by atoms with Gasteiger partial charge in [-0.3, -0.25) is 4.79 Å². The van der Waals surface area contributed by atoms with E-state index in [1.165, 1.54) is 5.56 Å². The number of hydrogen-bond acceptors (Lipinski definition) is 3. The minimum absolute atomic E-state index is 0.0291. The predicted molar refractivity (Wildman–Crippen MR) is 93.8 cm³/mol. The number of carbonyl (C=O) groups is 1. The third-order valence-corrected chi connectivity index (χ3v) is 3.59. The summed E-state index contributed by atoms with van der Waals surface area (Å²) in [6, 6.07) is 15.7. The molecule has 0 heterocycles. The van der Waals surface area contributed by atoms with Gasteiger partial charge in [0.25, 0.3) is 0 Å². The Morgan fingerprint density at radius 1 is 1.09 bits per heavy atom. The normalized spacial score (nSPS) is 10.3. The van der Waals surface area contributed by atoms with Crippen LogP contribution in [-0.2, 0) is 17.8 Å². The number of benzene rings is 2. The van der Waals surface area contributed by atoms with Gasteiger partial charge in [0.15, 0.2) is 0 Å². The molecule has 2 aromatic carbocycles. The van der Waals surface area contributed by atoms with Crippen LogP contribution in [0.2, 0.25) is 0 Å². The van der Waals surface area contributed by atoms with Crippen LogP contribution in [-0.4, -0.2) is 19.6 Å². The molecule has 0 bridgehead atoms. The van der Waals surface area contributed by atoms with Crippen LogP contribution in [0.15, 0.2) is 48.5 Å². The molecule has 0 radical (unpaired) electrons. The number of rotatable bonds is 8. The van der Waals surface area contributed by atoms with Gasteiger partial charge in [0.05, 0.1) is 7.11 Å². The molecule has 0 spiro atoms. The molecular weight excluding hydrogens is 288 g/mol. The van der Waals surface area contributed by atoms with Gasteiger partial charge in [-0.25, -0.2) is 0 Å². The zero-order valence-electron chi connectivity index (χ0n) is 13.8. The summed E-state index contributed by atoms with van der Waals surface area (Å²) in [4.78, 5) is 12.1.